The first-order valence-corrected chi connectivity index (χ1v) is 11.8. The molecule has 0 saturated heterocycles. The van der Waals surface area contributed by atoms with Crippen LogP contribution in [0.3, 0.4) is 0 Å². The zero-order valence-electron chi connectivity index (χ0n) is 19.5. The van der Waals surface area contributed by atoms with Crippen LogP contribution in [0.25, 0.3) is 16.3 Å². The average Bonchev–Trinajstić information content (AvgIpc) is 3.25. The zero-order chi connectivity index (χ0) is 23.8. The maximum atomic E-state index is 13.2. The molecule has 0 unspecified atom stereocenters. The second-order valence-electron chi connectivity index (χ2n) is 7.23. The minimum atomic E-state index is -0.452. The van der Waals surface area contributed by atoms with E-state index in [9.17, 15) is 14.9 Å². The highest BCUT2D eigenvalue weighted by Gasteiger charge is 2.20. The number of para-hydroxylation sites is 1. The molecule has 3 aromatic rings. The van der Waals surface area contributed by atoms with E-state index >= 15 is 0 Å². The third-order valence-electron chi connectivity index (χ3n) is 5.20. The van der Waals surface area contributed by atoms with Gasteiger partial charge in [0.25, 0.3) is 11.6 Å². The molecule has 0 atom stereocenters. The van der Waals surface area contributed by atoms with Crippen molar-refractivity contribution < 1.29 is 14.5 Å². The third-order valence-corrected chi connectivity index (χ3v) is 6.24. The van der Waals surface area contributed by atoms with E-state index in [1.165, 1.54) is 29.5 Å². The highest BCUT2D eigenvalue weighted by atomic mass is 35.5. The summed E-state index contributed by atoms with van der Waals surface area (Å²) in [6, 6.07) is 11.9. The van der Waals surface area contributed by atoms with Crippen LogP contribution in [0, 0.1) is 10.1 Å². The Kier molecular flexibility index (Phi) is 10.4. The van der Waals surface area contributed by atoms with Gasteiger partial charge in [-0.05, 0) is 43.8 Å². The Morgan fingerprint density at radius 3 is 2.56 bits per heavy atom. The predicted molar refractivity (Wildman–Crippen MR) is 140 cm³/mol. The Balaban J connectivity index is 0.00000408. The lowest BCUT2D eigenvalue weighted by Gasteiger charge is -2.23. The van der Waals surface area contributed by atoms with E-state index in [0.717, 1.165) is 23.3 Å². The van der Waals surface area contributed by atoms with E-state index in [0.29, 0.717) is 36.1 Å². The number of aromatic nitrogens is 1. The zero-order valence-corrected chi connectivity index (χ0v) is 21.1. The molecule has 1 aromatic heterocycles. The molecule has 3 rings (SSSR count). The molecule has 0 bridgehead atoms. The van der Waals surface area contributed by atoms with Gasteiger partial charge < -0.3 is 9.64 Å². The van der Waals surface area contributed by atoms with Gasteiger partial charge in [0.15, 0.2) is 5.13 Å². The van der Waals surface area contributed by atoms with Gasteiger partial charge in [0.05, 0.1) is 16.2 Å². The first-order valence-electron chi connectivity index (χ1n) is 11.0. The molecule has 0 N–H and O–H groups in total. The number of halogens is 1. The predicted octanol–water partition coefficient (Wildman–Crippen LogP) is 5.41. The van der Waals surface area contributed by atoms with Crippen LogP contribution < -0.4 is 9.64 Å². The van der Waals surface area contributed by atoms with E-state index in [2.05, 4.69) is 18.7 Å². The molecule has 0 fully saturated rings. The van der Waals surface area contributed by atoms with Crippen molar-refractivity contribution in [2.24, 2.45) is 0 Å². The Labute approximate surface area is 209 Å². The second kappa shape index (κ2) is 13.0. The first-order chi connectivity index (χ1) is 16.0. The molecule has 1 heterocycles. The highest BCUT2D eigenvalue weighted by Crippen LogP contribution is 2.34. The summed E-state index contributed by atoms with van der Waals surface area (Å²) in [6.45, 7) is 9.58. The van der Waals surface area contributed by atoms with Gasteiger partial charge in [-0.2, -0.15) is 0 Å². The van der Waals surface area contributed by atoms with Gasteiger partial charge in [0.2, 0.25) is 0 Å². The van der Waals surface area contributed by atoms with Gasteiger partial charge in [-0.1, -0.05) is 43.4 Å². The number of hydrogen-bond donors (Lipinski definition) is 0. The van der Waals surface area contributed by atoms with Crippen LogP contribution in [-0.4, -0.2) is 53.5 Å². The molecule has 34 heavy (non-hydrogen) atoms. The fourth-order valence-corrected chi connectivity index (χ4v) is 4.39. The second-order valence-corrected chi connectivity index (χ2v) is 8.24. The van der Waals surface area contributed by atoms with Crippen LogP contribution in [0.2, 0.25) is 0 Å². The topological polar surface area (TPSA) is 88.8 Å². The lowest BCUT2D eigenvalue weighted by atomic mass is 10.2. The minimum Gasteiger partial charge on any atom is -0.492 e. The number of thiazole rings is 1. The molecule has 0 radical (unpaired) electrons. The van der Waals surface area contributed by atoms with Gasteiger partial charge >= 0.3 is 0 Å². The summed E-state index contributed by atoms with van der Waals surface area (Å²) in [4.78, 5) is 32.4. The van der Waals surface area contributed by atoms with Gasteiger partial charge in [-0.3, -0.25) is 19.8 Å². The number of nitro benzene ring substituents is 1. The number of non-ortho nitro benzene ring substituents is 1. The summed E-state index contributed by atoms with van der Waals surface area (Å²) in [7, 11) is 0. The number of nitrogens with zero attached hydrogens (tertiary/aromatic N) is 4. The van der Waals surface area contributed by atoms with E-state index in [-0.39, 0.29) is 24.0 Å². The smallest absolute Gasteiger partial charge is 0.270 e. The number of amides is 1. The van der Waals surface area contributed by atoms with E-state index in [1.807, 2.05) is 25.1 Å². The van der Waals surface area contributed by atoms with Crippen molar-refractivity contribution in [1.82, 2.24) is 9.88 Å². The Morgan fingerprint density at radius 1 is 1.15 bits per heavy atom. The van der Waals surface area contributed by atoms with Crippen LogP contribution in [0.5, 0.6) is 5.75 Å². The van der Waals surface area contributed by atoms with Crippen LogP contribution in [0.4, 0.5) is 10.8 Å². The summed E-state index contributed by atoms with van der Waals surface area (Å²) >= 11 is 1.44. The summed E-state index contributed by atoms with van der Waals surface area (Å²) in [5.74, 6) is 0.464. The van der Waals surface area contributed by atoms with E-state index in [1.54, 1.807) is 23.1 Å². The number of hydrogen-bond acceptors (Lipinski definition) is 7. The number of rotatable bonds is 11. The summed E-state index contributed by atoms with van der Waals surface area (Å²) in [6.07, 6.45) is 3.04. The maximum absolute atomic E-state index is 13.2. The fraction of sp³-hybridized carbons (Fsp3) is 0.333. The molecule has 10 heteroatoms. The summed E-state index contributed by atoms with van der Waals surface area (Å²) in [5, 5.41) is 11.6. The van der Waals surface area contributed by atoms with Gasteiger partial charge in [-0.25, -0.2) is 4.98 Å². The number of nitro groups is 1. The van der Waals surface area contributed by atoms with Crippen molar-refractivity contribution in [3.8, 4) is 5.75 Å². The third kappa shape index (κ3) is 6.75. The molecule has 2 aromatic carbocycles. The quantitative estimate of drug-likeness (QED) is 0.197. The average molecular weight is 505 g/mol. The van der Waals surface area contributed by atoms with Crippen molar-refractivity contribution in [3.05, 3.63) is 64.2 Å². The molecule has 0 aliphatic carbocycles. The normalized spacial score (nSPS) is 11.1. The number of carbonyl (C=O) groups is 1. The van der Waals surface area contributed by atoms with Crippen molar-refractivity contribution in [2.75, 3.05) is 37.7 Å². The molecule has 182 valence electrons. The Hall–Kier alpha value is -3.01. The molecule has 1 amide bonds. The van der Waals surface area contributed by atoms with Crippen molar-refractivity contribution in [1.29, 1.82) is 0 Å². The summed E-state index contributed by atoms with van der Waals surface area (Å²) < 4.78 is 6.65. The molecular formula is C24H29ClN4O4S. The molecule has 0 saturated carbocycles. The van der Waals surface area contributed by atoms with Crippen molar-refractivity contribution in [2.45, 2.75) is 20.8 Å². The highest BCUT2D eigenvalue weighted by molar-refractivity contribution is 7.22. The van der Waals surface area contributed by atoms with Crippen molar-refractivity contribution in [3.63, 3.8) is 0 Å². The van der Waals surface area contributed by atoms with Crippen LogP contribution >= 0.6 is 23.7 Å². The van der Waals surface area contributed by atoms with Crippen LogP contribution in [0.15, 0.2) is 48.5 Å². The van der Waals surface area contributed by atoms with Gasteiger partial charge in [-0.15, -0.1) is 12.4 Å². The molecule has 0 aliphatic rings. The standard InChI is InChI=1S/C24H28N4O4S.ClH/c1-4-26(5-2)15-16-27(22(29)14-13-18-9-7-10-19(17-18)28(30)31)24-25-23-20(32-6-3)11-8-12-21(23)33-24;/h7-14,17H,4-6,15-16H2,1-3H3;1H. The number of carbonyl (C=O) groups excluding carboxylic acids is 1. The van der Waals surface area contributed by atoms with Crippen molar-refractivity contribution >= 4 is 56.8 Å². The SMILES string of the molecule is CCOc1cccc2sc(N(CCN(CC)CC)C(=O)C=Cc3cccc([N+](=O)[O-])c3)nc12.Cl. The number of anilines is 1. The number of benzene rings is 2. The first kappa shape index (κ1) is 27.2. The largest absolute Gasteiger partial charge is 0.492 e. The van der Waals surface area contributed by atoms with Gasteiger partial charge in [0.1, 0.15) is 11.3 Å². The Bertz CT molecular complexity index is 1150. The minimum absolute atomic E-state index is 0. The molecule has 8 nitrogen and oxygen atoms in total. The lowest BCUT2D eigenvalue weighted by Crippen LogP contribution is -2.38. The summed E-state index contributed by atoms with van der Waals surface area (Å²) in [5.41, 5.74) is 1.31. The maximum Gasteiger partial charge on any atom is 0.270 e. The number of likely N-dealkylation sites (N-methyl/N-ethyl adjacent to an activating group) is 1. The number of fused-ring (bicyclic) bond motifs is 1. The monoisotopic (exact) mass is 504 g/mol. The van der Waals surface area contributed by atoms with Crippen LogP contribution in [0.1, 0.15) is 26.3 Å². The number of ether oxygens (including phenoxy) is 1. The molecule has 0 spiro atoms. The van der Waals surface area contributed by atoms with Crippen LogP contribution in [-0.2, 0) is 4.79 Å². The van der Waals surface area contributed by atoms with E-state index < -0.39 is 4.92 Å². The fourth-order valence-electron chi connectivity index (χ4n) is 3.38. The molecule has 0 aliphatic heterocycles. The van der Waals surface area contributed by atoms with E-state index in [4.69, 9.17) is 9.72 Å². The van der Waals surface area contributed by atoms with Gasteiger partial charge in [0, 0.05) is 31.3 Å². The lowest BCUT2D eigenvalue weighted by molar-refractivity contribution is -0.384. The Morgan fingerprint density at radius 2 is 1.88 bits per heavy atom. The molecular weight excluding hydrogens is 476 g/mol.